The Hall–Kier alpha value is -3.96. The van der Waals surface area contributed by atoms with Crippen LogP contribution in [0, 0.1) is 17.6 Å². The summed E-state index contributed by atoms with van der Waals surface area (Å²) < 4.78 is 52.3. The standard InChI is InChI=1S/C28H27F2N5O3S/c1-39(37,38)35-14-2-3-18(17-35)16-31-28(36)32-23-12-13-24-25(15-23)34-27(20-6-10-22(30)11-7-20)26(33-24)19-4-8-21(29)9-5-19/h4-13,15,18H,2-3,14,16-17H2,1H3,(H2,31,32,36). The maximum absolute atomic E-state index is 13.6. The zero-order chi connectivity index (χ0) is 27.6. The molecule has 5 rings (SSSR count). The summed E-state index contributed by atoms with van der Waals surface area (Å²) in [7, 11) is -3.26. The van der Waals surface area contributed by atoms with Gasteiger partial charge in [0.25, 0.3) is 0 Å². The highest BCUT2D eigenvalue weighted by Gasteiger charge is 2.26. The number of nitrogens with one attached hydrogen (secondary N) is 2. The zero-order valence-electron chi connectivity index (χ0n) is 21.2. The number of rotatable bonds is 6. The predicted molar refractivity (Wildman–Crippen MR) is 146 cm³/mol. The molecule has 4 aromatic rings. The first kappa shape index (κ1) is 26.6. The van der Waals surface area contributed by atoms with Crippen LogP contribution in [-0.4, -0.2) is 54.6 Å². The van der Waals surface area contributed by atoms with Gasteiger partial charge in [-0.15, -0.1) is 0 Å². The molecule has 11 heteroatoms. The highest BCUT2D eigenvalue weighted by molar-refractivity contribution is 7.88. The van der Waals surface area contributed by atoms with Crippen LogP contribution in [0.15, 0.2) is 66.7 Å². The SMILES string of the molecule is CS(=O)(=O)N1CCCC(CNC(=O)Nc2ccc3nc(-c4ccc(F)cc4)c(-c4ccc(F)cc4)nc3c2)C1. The van der Waals surface area contributed by atoms with E-state index < -0.39 is 16.1 Å². The molecule has 0 bridgehead atoms. The third-order valence-electron chi connectivity index (χ3n) is 6.66. The molecule has 0 saturated carbocycles. The van der Waals surface area contributed by atoms with E-state index in [9.17, 15) is 22.0 Å². The molecule has 0 spiro atoms. The van der Waals surface area contributed by atoms with E-state index in [0.29, 0.717) is 58.9 Å². The van der Waals surface area contributed by atoms with Crippen molar-refractivity contribution in [1.82, 2.24) is 19.6 Å². The lowest BCUT2D eigenvalue weighted by Gasteiger charge is -2.30. The lowest BCUT2D eigenvalue weighted by molar-refractivity contribution is 0.239. The molecule has 1 saturated heterocycles. The average molecular weight is 552 g/mol. The first-order valence-corrected chi connectivity index (χ1v) is 14.3. The van der Waals surface area contributed by atoms with Crippen molar-refractivity contribution in [3.63, 3.8) is 0 Å². The molecular weight excluding hydrogens is 524 g/mol. The number of halogens is 2. The van der Waals surface area contributed by atoms with Crippen molar-refractivity contribution in [2.24, 2.45) is 5.92 Å². The third-order valence-corrected chi connectivity index (χ3v) is 7.93. The number of carbonyl (C=O) groups excluding carboxylic acids is 1. The summed E-state index contributed by atoms with van der Waals surface area (Å²) in [6.07, 6.45) is 2.78. The molecule has 2 amide bonds. The normalized spacial score (nSPS) is 16.2. The number of nitrogens with zero attached hydrogens (tertiary/aromatic N) is 3. The zero-order valence-corrected chi connectivity index (χ0v) is 22.0. The number of sulfonamides is 1. The minimum atomic E-state index is -3.26. The maximum atomic E-state index is 13.6. The van der Waals surface area contributed by atoms with Crippen LogP contribution in [0.1, 0.15) is 12.8 Å². The lowest BCUT2D eigenvalue weighted by atomic mass is 10.00. The van der Waals surface area contributed by atoms with Crippen LogP contribution in [0.3, 0.4) is 0 Å². The smallest absolute Gasteiger partial charge is 0.319 e. The van der Waals surface area contributed by atoms with Crippen LogP contribution >= 0.6 is 0 Å². The van der Waals surface area contributed by atoms with Gasteiger partial charge in [-0.2, -0.15) is 0 Å². The van der Waals surface area contributed by atoms with Gasteiger partial charge >= 0.3 is 6.03 Å². The van der Waals surface area contributed by atoms with Crippen LogP contribution < -0.4 is 10.6 Å². The van der Waals surface area contributed by atoms with Gasteiger partial charge in [0.2, 0.25) is 10.0 Å². The van der Waals surface area contributed by atoms with Crippen LogP contribution in [0.4, 0.5) is 19.3 Å². The molecule has 1 aliphatic heterocycles. The number of anilines is 1. The minimum absolute atomic E-state index is 0.0323. The number of fused-ring (bicyclic) bond motifs is 1. The maximum Gasteiger partial charge on any atom is 0.319 e. The summed E-state index contributed by atoms with van der Waals surface area (Å²) in [5, 5.41) is 5.62. The average Bonchev–Trinajstić information content (AvgIpc) is 2.92. The molecule has 8 nitrogen and oxygen atoms in total. The Bertz CT molecular complexity index is 1610. The van der Waals surface area contributed by atoms with Crippen molar-refractivity contribution in [2.75, 3.05) is 31.2 Å². The minimum Gasteiger partial charge on any atom is -0.338 e. The highest BCUT2D eigenvalue weighted by Crippen LogP contribution is 2.32. The molecule has 1 atom stereocenters. The van der Waals surface area contributed by atoms with E-state index >= 15 is 0 Å². The summed E-state index contributed by atoms with van der Waals surface area (Å²) in [4.78, 5) is 22.1. The molecule has 3 aromatic carbocycles. The number of piperidine rings is 1. The van der Waals surface area contributed by atoms with Crippen LogP contribution in [0.25, 0.3) is 33.5 Å². The van der Waals surface area contributed by atoms with Crippen molar-refractivity contribution in [3.05, 3.63) is 78.4 Å². The molecule has 202 valence electrons. The van der Waals surface area contributed by atoms with Crippen molar-refractivity contribution >= 4 is 32.8 Å². The molecule has 1 fully saturated rings. The monoisotopic (exact) mass is 551 g/mol. The van der Waals surface area contributed by atoms with Gasteiger partial charge in [-0.3, -0.25) is 0 Å². The number of hydrogen-bond acceptors (Lipinski definition) is 5. The molecule has 1 aromatic heterocycles. The number of hydrogen-bond donors (Lipinski definition) is 2. The Labute approximate surface area is 225 Å². The van der Waals surface area contributed by atoms with E-state index in [1.807, 2.05) is 0 Å². The fourth-order valence-electron chi connectivity index (χ4n) is 4.66. The summed E-state index contributed by atoms with van der Waals surface area (Å²) in [6, 6.07) is 16.5. The molecule has 1 aliphatic rings. The Morgan fingerprint density at radius 1 is 0.923 bits per heavy atom. The Morgan fingerprint density at radius 3 is 2.10 bits per heavy atom. The Kier molecular flexibility index (Phi) is 7.53. The quantitative estimate of drug-likeness (QED) is 0.350. The summed E-state index contributed by atoms with van der Waals surface area (Å²) in [5.41, 5.74) is 3.87. The molecule has 2 N–H and O–H groups in total. The molecule has 0 radical (unpaired) electrons. The highest BCUT2D eigenvalue weighted by atomic mass is 32.2. The second kappa shape index (κ2) is 11.0. The van der Waals surface area contributed by atoms with Crippen LogP contribution in [0.5, 0.6) is 0 Å². The van der Waals surface area contributed by atoms with Crippen LogP contribution in [-0.2, 0) is 10.0 Å². The van der Waals surface area contributed by atoms with E-state index in [1.54, 1.807) is 42.5 Å². The first-order chi connectivity index (χ1) is 18.7. The number of aromatic nitrogens is 2. The Morgan fingerprint density at radius 2 is 1.51 bits per heavy atom. The van der Waals surface area contributed by atoms with Gasteiger partial charge < -0.3 is 10.6 Å². The second-order valence-electron chi connectivity index (χ2n) is 9.60. The molecule has 39 heavy (non-hydrogen) atoms. The second-order valence-corrected chi connectivity index (χ2v) is 11.6. The Balaban J connectivity index is 1.37. The van der Waals surface area contributed by atoms with E-state index in [2.05, 4.69) is 10.6 Å². The predicted octanol–water partition coefficient (Wildman–Crippen LogP) is 5.04. The van der Waals surface area contributed by atoms with Gasteiger partial charge in [-0.05, 0) is 85.5 Å². The number of urea groups is 1. The summed E-state index contributed by atoms with van der Waals surface area (Å²) in [6.45, 7) is 1.23. The fraction of sp³-hybridized carbons (Fsp3) is 0.250. The van der Waals surface area contributed by atoms with Gasteiger partial charge in [0.05, 0.1) is 28.7 Å². The molecule has 1 unspecified atom stereocenters. The number of carbonyl (C=O) groups is 1. The van der Waals surface area contributed by atoms with E-state index in [4.69, 9.17) is 9.97 Å². The third kappa shape index (κ3) is 6.37. The van der Waals surface area contributed by atoms with Crippen molar-refractivity contribution in [2.45, 2.75) is 12.8 Å². The van der Waals surface area contributed by atoms with Crippen LogP contribution in [0.2, 0.25) is 0 Å². The van der Waals surface area contributed by atoms with Gasteiger partial charge in [0.1, 0.15) is 11.6 Å². The van der Waals surface area contributed by atoms with E-state index in [0.717, 1.165) is 12.8 Å². The van der Waals surface area contributed by atoms with Crippen molar-refractivity contribution < 1.29 is 22.0 Å². The van der Waals surface area contributed by atoms with Crippen molar-refractivity contribution in [3.8, 4) is 22.5 Å². The van der Waals surface area contributed by atoms with E-state index in [-0.39, 0.29) is 17.6 Å². The topological polar surface area (TPSA) is 104 Å². The van der Waals surface area contributed by atoms with Gasteiger partial charge in [0.15, 0.2) is 0 Å². The summed E-state index contributed by atoms with van der Waals surface area (Å²) >= 11 is 0. The molecular formula is C28H27F2N5O3S. The lowest BCUT2D eigenvalue weighted by Crippen LogP contribution is -2.43. The number of amides is 2. The van der Waals surface area contributed by atoms with Gasteiger partial charge in [-0.1, -0.05) is 0 Å². The number of benzene rings is 3. The van der Waals surface area contributed by atoms with Gasteiger partial charge in [0, 0.05) is 36.4 Å². The first-order valence-electron chi connectivity index (χ1n) is 12.5. The summed E-state index contributed by atoms with van der Waals surface area (Å²) in [5.74, 6) is -0.725. The molecule has 2 heterocycles. The largest absolute Gasteiger partial charge is 0.338 e. The van der Waals surface area contributed by atoms with Gasteiger partial charge in [-0.25, -0.2) is 36.3 Å². The fourth-order valence-corrected chi connectivity index (χ4v) is 5.60. The van der Waals surface area contributed by atoms with Crippen molar-refractivity contribution in [1.29, 1.82) is 0 Å². The molecule has 0 aliphatic carbocycles. The van der Waals surface area contributed by atoms with E-state index in [1.165, 1.54) is 34.8 Å².